The van der Waals surface area contributed by atoms with E-state index in [1.165, 1.54) is 70.6 Å². The van der Waals surface area contributed by atoms with Gasteiger partial charge in [0, 0.05) is 19.3 Å². The van der Waals surface area contributed by atoms with Gasteiger partial charge < -0.3 is 14.2 Å². The predicted molar refractivity (Wildman–Crippen MR) is 247 cm³/mol. The monoisotopic (exact) mass is 805 g/mol. The van der Waals surface area contributed by atoms with E-state index in [4.69, 9.17) is 14.2 Å². The standard InChI is InChI=1S/C52H84O6/c1-4-7-10-13-16-19-21-23-24-25-26-27-29-30-33-36-39-42-45-51(54)57-48-49(47-56-50(53)44-41-38-35-32-18-15-12-9-6-3)58-52(55)46-43-40-37-34-31-28-22-20-17-14-11-8-5-2/h8-9,11-12,14,17-18,20,22,26-28,31-32,34,37,49H,4-7,10,13,15-16,19,21,23-25,29-30,33,35-36,38-48H2,1-3H3/b11-8-,12-9-,17-14-,22-20-,27-26-,31-28-,32-18-,37-34-. The molecule has 58 heavy (non-hydrogen) atoms. The maximum Gasteiger partial charge on any atom is 0.306 e. The fourth-order valence-corrected chi connectivity index (χ4v) is 5.97. The molecule has 0 aromatic rings. The van der Waals surface area contributed by atoms with Crippen molar-refractivity contribution in [2.45, 2.75) is 200 Å². The van der Waals surface area contributed by atoms with E-state index < -0.39 is 12.1 Å². The molecule has 0 heterocycles. The Bertz CT molecular complexity index is 1200. The molecule has 6 heteroatoms. The Balaban J connectivity index is 4.46. The van der Waals surface area contributed by atoms with E-state index in [1.807, 2.05) is 54.7 Å². The first-order valence-corrected chi connectivity index (χ1v) is 23.3. The summed E-state index contributed by atoms with van der Waals surface area (Å²) in [5, 5.41) is 0. The van der Waals surface area contributed by atoms with Crippen LogP contribution in [-0.4, -0.2) is 37.2 Å². The summed E-state index contributed by atoms with van der Waals surface area (Å²) >= 11 is 0. The lowest BCUT2D eigenvalue weighted by Gasteiger charge is -2.18. The Morgan fingerprint density at radius 3 is 1.33 bits per heavy atom. The summed E-state index contributed by atoms with van der Waals surface area (Å²) < 4.78 is 16.6. The lowest BCUT2D eigenvalue weighted by molar-refractivity contribution is -0.167. The van der Waals surface area contributed by atoms with Gasteiger partial charge >= 0.3 is 17.9 Å². The van der Waals surface area contributed by atoms with Crippen molar-refractivity contribution in [3.8, 4) is 0 Å². The lowest BCUT2D eigenvalue weighted by Crippen LogP contribution is -2.30. The van der Waals surface area contributed by atoms with Crippen molar-refractivity contribution in [2.75, 3.05) is 13.2 Å². The normalized spacial score (nSPS) is 12.9. The second kappa shape index (κ2) is 46.0. The van der Waals surface area contributed by atoms with Gasteiger partial charge in [0.05, 0.1) is 0 Å². The minimum absolute atomic E-state index is 0.122. The van der Waals surface area contributed by atoms with Crippen molar-refractivity contribution in [2.24, 2.45) is 0 Å². The van der Waals surface area contributed by atoms with Gasteiger partial charge in [-0.15, -0.1) is 0 Å². The number of ether oxygens (including phenoxy) is 3. The van der Waals surface area contributed by atoms with Crippen LogP contribution in [0.4, 0.5) is 0 Å². The van der Waals surface area contributed by atoms with Crippen molar-refractivity contribution in [1.29, 1.82) is 0 Å². The van der Waals surface area contributed by atoms with E-state index in [1.54, 1.807) is 0 Å². The third-order valence-electron chi connectivity index (χ3n) is 9.43. The van der Waals surface area contributed by atoms with E-state index in [2.05, 4.69) is 63.3 Å². The molecule has 0 aromatic heterocycles. The molecule has 0 aromatic carbocycles. The van der Waals surface area contributed by atoms with Crippen molar-refractivity contribution in [1.82, 2.24) is 0 Å². The highest BCUT2D eigenvalue weighted by molar-refractivity contribution is 5.71. The van der Waals surface area contributed by atoms with Gasteiger partial charge in [-0.05, 0) is 83.5 Å². The highest BCUT2D eigenvalue weighted by Gasteiger charge is 2.19. The molecule has 1 atom stereocenters. The van der Waals surface area contributed by atoms with Crippen LogP contribution in [0.3, 0.4) is 0 Å². The minimum Gasteiger partial charge on any atom is -0.462 e. The minimum atomic E-state index is -0.829. The first-order chi connectivity index (χ1) is 28.5. The lowest BCUT2D eigenvalue weighted by atomic mass is 10.1. The Hall–Kier alpha value is -3.67. The molecule has 1 unspecified atom stereocenters. The largest absolute Gasteiger partial charge is 0.462 e. The number of carbonyl (C=O) groups excluding carboxylic acids is 3. The summed E-state index contributed by atoms with van der Waals surface area (Å²) in [6.45, 7) is 6.24. The van der Waals surface area contributed by atoms with Crippen LogP contribution in [0.2, 0.25) is 0 Å². The molecule has 0 saturated carbocycles. The average Bonchev–Trinajstić information content (AvgIpc) is 3.22. The van der Waals surface area contributed by atoms with E-state index >= 15 is 0 Å². The predicted octanol–water partition coefficient (Wildman–Crippen LogP) is 15.0. The van der Waals surface area contributed by atoms with Crippen molar-refractivity contribution < 1.29 is 28.6 Å². The fraction of sp³-hybridized carbons (Fsp3) is 0.635. The highest BCUT2D eigenvalue weighted by Crippen LogP contribution is 2.13. The molecule has 0 aliphatic rings. The summed E-state index contributed by atoms with van der Waals surface area (Å²) in [6.07, 6.45) is 59.9. The summed E-state index contributed by atoms with van der Waals surface area (Å²) in [4.78, 5) is 37.7. The summed E-state index contributed by atoms with van der Waals surface area (Å²) in [7, 11) is 0. The smallest absolute Gasteiger partial charge is 0.306 e. The van der Waals surface area contributed by atoms with Gasteiger partial charge in [-0.3, -0.25) is 14.4 Å². The van der Waals surface area contributed by atoms with Crippen LogP contribution in [0.25, 0.3) is 0 Å². The third kappa shape index (κ3) is 43.5. The van der Waals surface area contributed by atoms with Gasteiger partial charge in [0.25, 0.3) is 0 Å². The second-order valence-corrected chi connectivity index (χ2v) is 15.0. The molecular formula is C52H84O6. The average molecular weight is 805 g/mol. The topological polar surface area (TPSA) is 78.9 Å². The van der Waals surface area contributed by atoms with Crippen molar-refractivity contribution >= 4 is 17.9 Å². The van der Waals surface area contributed by atoms with Crippen molar-refractivity contribution in [3.63, 3.8) is 0 Å². The molecule has 6 nitrogen and oxygen atoms in total. The quantitative estimate of drug-likeness (QED) is 0.0202. The van der Waals surface area contributed by atoms with Crippen LogP contribution in [-0.2, 0) is 28.6 Å². The zero-order valence-electron chi connectivity index (χ0n) is 37.3. The maximum absolute atomic E-state index is 12.7. The van der Waals surface area contributed by atoms with E-state index in [9.17, 15) is 14.4 Å². The molecule has 0 N–H and O–H groups in total. The molecule has 0 aliphatic heterocycles. The first kappa shape index (κ1) is 54.3. The highest BCUT2D eigenvalue weighted by atomic mass is 16.6. The molecule has 0 saturated heterocycles. The van der Waals surface area contributed by atoms with Gasteiger partial charge in [-0.1, -0.05) is 189 Å². The molecule has 0 aliphatic carbocycles. The Labute approximate surface area is 356 Å². The molecule has 0 amide bonds. The van der Waals surface area contributed by atoms with Crippen LogP contribution in [0.1, 0.15) is 194 Å². The number of unbranched alkanes of at least 4 members (excludes halogenated alkanes) is 17. The van der Waals surface area contributed by atoms with Crippen LogP contribution in [0.5, 0.6) is 0 Å². The van der Waals surface area contributed by atoms with Crippen LogP contribution in [0, 0.1) is 0 Å². The summed E-state index contributed by atoms with van der Waals surface area (Å²) in [6, 6.07) is 0. The van der Waals surface area contributed by atoms with Gasteiger partial charge in [0.1, 0.15) is 13.2 Å². The van der Waals surface area contributed by atoms with Gasteiger partial charge in [0.15, 0.2) is 6.10 Å². The number of carbonyl (C=O) groups is 3. The zero-order chi connectivity index (χ0) is 42.3. The zero-order valence-corrected chi connectivity index (χ0v) is 37.3. The number of esters is 3. The fourth-order valence-electron chi connectivity index (χ4n) is 5.97. The molecular weight excluding hydrogens is 721 g/mol. The summed E-state index contributed by atoms with van der Waals surface area (Å²) in [5.74, 6) is -1.05. The molecule has 0 rings (SSSR count). The van der Waals surface area contributed by atoms with Crippen molar-refractivity contribution in [3.05, 3.63) is 97.2 Å². The third-order valence-corrected chi connectivity index (χ3v) is 9.43. The van der Waals surface area contributed by atoms with E-state index in [0.717, 1.165) is 77.0 Å². The number of rotatable bonds is 40. The first-order valence-electron chi connectivity index (χ1n) is 23.3. The molecule has 0 fully saturated rings. The van der Waals surface area contributed by atoms with Gasteiger partial charge in [0.2, 0.25) is 0 Å². The van der Waals surface area contributed by atoms with E-state index in [0.29, 0.717) is 19.3 Å². The van der Waals surface area contributed by atoms with E-state index in [-0.39, 0.29) is 31.6 Å². The molecule has 328 valence electrons. The van der Waals surface area contributed by atoms with Gasteiger partial charge in [-0.25, -0.2) is 0 Å². The maximum atomic E-state index is 12.7. The second-order valence-electron chi connectivity index (χ2n) is 15.0. The van der Waals surface area contributed by atoms with Crippen LogP contribution in [0.15, 0.2) is 97.2 Å². The molecule has 0 radical (unpaired) electrons. The Morgan fingerprint density at radius 2 is 0.776 bits per heavy atom. The number of hydrogen-bond donors (Lipinski definition) is 0. The number of hydrogen-bond acceptors (Lipinski definition) is 6. The van der Waals surface area contributed by atoms with Crippen LogP contribution >= 0.6 is 0 Å². The number of allylic oxidation sites excluding steroid dienone is 16. The van der Waals surface area contributed by atoms with Gasteiger partial charge in [-0.2, -0.15) is 0 Å². The molecule has 0 bridgehead atoms. The van der Waals surface area contributed by atoms with Crippen LogP contribution < -0.4 is 0 Å². The Morgan fingerprint density at radius 1 is 0.379 bits per heavy atom. The Kier molecular flexibility index (Phi) is 43.1. The SMILES string of the molecule is CC\C=C/C=C\C=C/C=C\C=C/CCCC(=O)OC(COC(=O)CCCC/C=C\C/C=C\CC)COC(=O)CCCCCCC/C=C\CCCCCCCCCCC. The summed E-state index contributed by atoms with van der Waals surface area (Å²) in [5.41, 5.74) is 0. The molecule has 0 spiro atoms.